The van der Waals surface area contributed by atoms with E-state index in [0.29, 0.717) is 40.6 Å². The smallest absolute Gasteiger partial charge is 0.433 e. The molecule has 4 aromatic heterocycles. The number of furan rings is 1. The number of pyridine rings is 1. The van der Waals surface area contributed by atoms with Gasteiger partial charge in [-0.3, -0.25) is 14.3 Å². The molecule has 6 aromatic rings. The van der Waals surface area contributed by atoms with E-state index >= 15 is 0 Å². The van der Waals surface area contributed by atoms with Crippen LogP contribution in [0.1, 0.15) is 69.3 Å². The zero-order valence-electron chi connectivity index (χ0n) is 27.0. The number of halogens is 3. The van der Waals surface area contributed by atoms with Gasteiger partial charge >= 0.3 is 6.18 Å². The van der Waals surface area contributed by atoms with Crippen molar-refractivity contribution in [3.63, 3.8) is 0 Å². The minimum atomic E-state index is -4.77. The molecule has 0 aliphatic heterocycles. The van der Waals surface area contributed by atoms with E-state index in [2.05, 4.69) is 41.4 Å². The first-order valence-electron chi connectivity index (χ1n) is 15.3. The van der Waals surface area contributed by atoms with Crippen molar-refractivity contribution in [2.75, 3.05) is 5.32 Å². The highest BCUT2D eigenvalue weighted by Crippen LogP contribution is 2.44. The number of hydrogen-bond donors (Lipinski definition) is 2. The summed E-state index contributed by atoms with van der Waals surface area (Å²) in [6, 6.07) is 21.8. The van der Waals surface area contributed by atoms with Crippen molar-refractivity contribution in [1.82, 2.24) is 14.8 Å². The Kier molecular flexibility index (Phi) is 8.80. The Labute approximate surface area is 283 Å². The quantitative estimate of drug-likeness (QED) is 0.149. The molecule has 9 nitrogen and oxygen atoms in total. The van der Waals surface area contributed by atoms with Gasteiger partial charge in [-0.05, 0) is 60.9 Å². The fraction of sp³-hybridized carbons (Fsp3) is 0.222. The van der Waals surface area contributed by atoms with Crippen LogP contribution in [0.5, 0.6) is 5.75 Å². The monoisotopic (exact) mass is 687 g/mol. The van der Waals surface area contributed by atoms with E-state index in [-0.39, 0.29) is 44.1 Å². The second-order valence-electron chi connectivity index (χ2n) is 11.9. The Morgan fingerprint density at radius 2 is 1.69 bits per heavy atom. The van der Waals surface area contributed by atoms with Crippen LogP contribution in [0.25, 0.3) is 21.3 Å². The highest BCUT2D eigenvalue weighted by molar-refractivity contribution is 7.21. The predicted molar refractivity (Wildman–Crippen MR) is 181 cm³/mol. The SMILES string of the molecule is CCn1cc(-c2cc(C(F)(F)F)nc3sc(C(N)=O)c(NC(=O)c4ccc(COc5ccc(C(C)(C)c6ccccc6)cc5)o4)c23)c(C)n1. The van der Waals surface area contributed by atoms with Crippen molar-refractivity contribution in [2.24, 2.45) is 5.73 Å². The molecule has 0 bridgehead atoms. The van der Waals surface area contributed by atoms with Crippen molar-refractivity contribution >= 4 is 39.1 Å². The molecule has 0 saturated carbocycles. The summed E-state index contributed by atoms with van der Waals surface area (Å²) in [5, 5.41) is 7.15. The van der Waals surface area contributed by atoms with E-state index in [1.807, 2.05) is 49.4 Å². The first-order chi connectivity index (χ1) is 23.3. The maximum Gasteiger partial charge on any atom is 0.433 e. The van der Waals surface area contributed by atoms with Gasteiger partial charge in [0, 0.05) is 29.1 Å². The van der Waals surface area contributed by atoms with Gasteiger partial charge in [-0.25, -0.2) is 4.98 Å². The minimum Gasteiger partial charge on any atom is -0.486 e. The van der Waals surface area contributed by atoms with E-state index in [0.717, 1.165) is 11.6 Å². The standard InChI is InChI=1S/C36H32F3N5O4S/c1-5-44-18-26(20(2)43-44)25-17-28(36(37,38)39)41-34-29(25)30(31(49-34)32(40)45)42-33(46)27-16-15-24(48-27)19-47-23-13-11-22(12-14-23)35(3,4)21-9-7-6-8-10-21/h6-18H,5,19H2,1-4H3,(H2,40,45)(H,42,46). The molecule has 0 unspecified atom stereocenters. The van der Waals surface area contributed by atoms with Gasteiger partial charge in [0.2, 0.25) is 0 Å². The third kappa shape index (κ3) is 6.66. The fourth-order valence-corrected chi connectivity index (χ4v) is 6.60. The largest absolute Gasteiger partial charge is 0.486 e. The predicted octanol–water partition coefficient (Wildman–Crippen LogP) is 8.36. The number of rotatable bonds is 10. The van der Waals surface area contributed by atoms with Crippen molar-refractivity contribution in [3.8, 4) is 16.9 Å². The summed E-state index contributed by atoms with van der Waals surface area (Å²) in [5.74, 6) is -0.835. The Hall–Kier alpha value is -5.43. The molecule has 2 amide bonds. The fourth-order valence-electron chi connectivity index (χ4n) is 5.59. The third-order valence-electron chi connectivity index (χ3n) is 8.31. The summed E-state index contributed by atoms with van der Waals surface area (Å²) in [6.45, 7) is 8.30. The summed E-state index contributed by atoms with van der Waals surface area (Å²) in [7, 11) is 0. The number of anilines is 1. The first-order valence-corrected chi connectivity index (χ1v) is 16.2. The number of thiophene rings is 1. The number of nitrogens with two attached hydrogens (primary N) is 1. The second kappa shape index (κ2) is 12.9. The Bertz CT molecular complexity index is 2170. The summed E-state index contributed by atoms with van der Waals surface area (Å²) >= 11 is 0.660. The number of carbonyl (C=O) groups excluding carboxylic acids is 2. The van der Waals surface area contributed by atoms with Crippen LogP contribution in [0.4, 0.5) is 18.9 Å². The minimum absolute atomic E-state index is 0.0254. The highest BCUT2D eigenvalue weighted by atomic mass is 32.1. The molecular weight excluding hydrogens is 655 g/mol. The van der Waals surface area contributed by atoms with E-state index in [1.165, 1.54) is 11.6 Å². The molecule has 0 aliphatic rings. The van der Waals surface area contributed by atoms with Crippen LogP contribution in [0.2, 0.25) is 0 Å². The van der Waals surface area contributed by atoms with Crippen LogP contribution in [0, 0.1) is 6.92 Å². The number of nitrogens with zero attached hydrogens (tertiary/aromatic N) is 3. The number of benzene rings is 2. The number of fused-ring (bicyclic) bond motifs is 1. The molecule has 252 valence electrons. The maximum atomic E-state index is 13.9. The average molecular weight is 688 g/mol. The van der Waals surface area contributed by atoms with Gasteiger partial charge in [-0.15, -0.1) is 11.3 Å². The maximum absolute atomic E-state index is 13.9. The lowest BCUT2D eigenvalue weighted by atomic mass is 9.78. The van der Waals surface area contributed by atoms with Gasteiger partial charge in [0.25, 0.3) is 11.8 Å². The van der Waals surface area contributed by atoms with E-state index in [1.54, 1.807) is 23.9 Å². The third-order valence-corrected chi connectivity index (χ3v) is 9.41. The Morgan fingerprint density at radius 1 is 1.00 bits per heavy atom. The molecule has 49 heavy (non-hydrogen) atoms. The van der Waals surface area contributed by atoms with Crippen molar-refractivity contribution in [1.29, 1.82) is 0 Å². The van der Waals surface area contributed by atoms with Crippen LogP contribution < -0.4 is 15.8 Å². The van der Waals surface area contributed by atoms with Crippen LogP contribution in [0.15, 0.2) is 83.4 Å². The molecule has 13 heteroatoms. The van der Waals surface area contributed by atoms with E-state index in [9.17, 15) is 22.8 Å². The normalized spacial score (nSPS) is 12.0. The van der Waals surface area contributed by atoms with E-state index in [4.69, 9.17) is 14.9 Å². The lowest BCUT2D eigenvalue weighted by Gasteiger charge is -2.26. The van der Waals surface area contributed by atoms with Crippen LogP contribution in [0.3, 0.4) is 0 Å². The summed E-state index contributed by atoms with van der Waals surface area (Å²) in [6.07, 6.45) is -3.17. The summed E-state index contributed by atoms with van der Waals surface area (Å²) < 4.78 is 55.0. The van der Waals surface area contributed by atoms with Crippen molar-refractivity contribution in [2.45, 2.75) is 52.4 Å². The Balaban J connectivity index is 1.25. The van der Waals surface area contributed by atoms with Crippen molar-refractivity contribution < 1.29 is 31.9 Å². The van der Waals surface area contributed by atoms with Gasteiger partial charge in [-0.2, -0.15) is 18.3 Å². The van der Waals surface area contributed by atoms with Gasteiger partial charge in [-0.1, -0.05) is 56.3 Å². The van der Waals surface area contributed by atoms with Crippen molar-refractivity contribution in [3.05, 3.63) is 118 Å². The van der Waals surface area contributed by atoms with Gasteiger partial charge in [0.15, 0.2) is 5.76 Å². The van der Waals surface area contributed by atoms with Gasteiger partial charge in [0.05, 0.1) is 11.4 Å². The number of aromatic nitrogens is 3. The summed E-state index contributed by atoms with van der Waals surface area (Å²) in [5.41, 5.74) is 7.45. The Morgan fingerprint density at radius 3 is 2.33 bits per heavy atom. The van der Waals surface area contributed by atoms with Gasteiger partial charge < -0.3 is 20.2 Å². The molecule has 0 saturated heterocycles. The number of aryl methyl sites for hydroxylation is 2. The molecule has 3 N–H and O–H groups in total. The molecule has 2 aromatic carbocycles. The lowest BCUT2D eigenvalue weighted by Crippen LogP contribution is -2.18. The van der Waals surface area contributed by atoms with Crippen LogP contribution in [-0.2, 0) is 24.7 Å². The number of primary amides is 1. The molecule has 6 rings (SSSR count). The highest BCUT2D eigenvalue weighted by Gasteiger charge is 2.35. The molecule has 4 heterocycles. The first kappa shape index (κ1) is 33.5. The molecule has 0 spiro atoms. The number of hydrogen-bond acceptors (Lipinski definition) is 7. The lowest BCUT2D eigenvalue weighted by molar-refractivity contribution is -0.140. The number of amides is 2. The van der Waals surface area contributed by atoms with Crippen LogP contribution in [-0.4, -0.2) is 26.6 Å². The summed E-state index contributed by atoms with van der Waals surface area (Å²) in [4.78, 5) is 29.5. The zero-order valence-corrected chi connectivity index (χ0v) is 27.8. The van der Waals surface area contributed by atoms with Crippen LogP contribution >= 0.6 is 11.3 Å². The number of alkyl halides is 3. The second-order valence-corrected chi connectivity index (χ2v) is 12.9. The molecule has 0 atom stereocenters. The van der Waals surface area contributed by atoms with Gasteiger partial charge in [0.1, 0.15) is 33.5 Å². The van der Waals surface area contributed by atoms with E-state index < -0.39 is 23.7 Å². The number of ether oxygens (including phenoxy) is 1. The number of carbonyl (C=O) groups is 2. The zero-order chi connectivity index (χ0) is 35.1. The number of nitrogens with one attached hydrogen (secondary N) is 1. The topological polar surface area (TPSA) is 125 Å². The molecular formula is C36H32F3N5O4S. The average Bonchev–Trinajstić information content (AvgIpc) is 3.81. The molecule has 0 radical (unpaired) electrons. The molecule has 0 aliphatic carbocycles. The molecule has 0 fully saturated rings.